The molecule has 0 aliphatic heterocycles. The van der Waals surface area contributed by atoms with Crippen LogP contribution in [0.2, 0.25) is 0 Å². The van der Waals surface area contributed by atoms with Crippen LogP contribution < -0.4 is 5.32 Å². The summed E-state index contributed by atoms with van der Waals surface area (Å²) in [5, 5.41) is 2.76. The highest BCUT2D eigenvalue weighted by Crippen LogP contribution is 2.49. The largest absolute Gasteiger partial charge is 0.456 e. The fraction of sp³-hybridized carbons (Fsp3) is 0.556. The number of hydrogen-bond donors (Lipinski definition) is 1. The van der Waals surface area contributed by atoms with Crippen LogP contribution in [0.1, 0.15) is 32.1 Å². The Kier molecular flexibility index (Phi) is 5.26. The first-order valence-electron chi connectivity index (χ1n) is 8.23. The molecule has 4 nitrogen and oxygen atoms in total. The average molecular weight is 333 g/mol. The highest BCUT2D eigenvalue weighted by molar-refractivity contribution is 7.98. The third-order valence-electron chi connectivity index (χ3n) is 5.03. The molecule has 3 atom stereocenters. The van der Waals surface area contributed by atoms with Gasteiger partial charge >= 0.3 is 5.97 Å². The van der Waals surface area contributed by atoms with Gasteiger partial charge in [0, 0.05) is 17.0 Å². The lowest BCUT2D eigenvalue weighted by atomic mass is 9.86. The molecule has 5 heteroatoms. The average Bonchev–Trinajstić information content (AvgIpc) is 3.16. The lowest BCUT2D eigenvalue weighted by Crippen LogP contribution is -2.23. The minimum Gasteiger partial charge on any atom is -0.456 e. The van der Waals surface area contributed by atoms with Gasteiger partial charge in [0.15, 0.2) is 6.61 Å². The summed E-state index contributed by atoms with van der Waals surface area (Å²) in [6.45, 7) is -0.205. The number of hydrogen-bond acceptors (Lipinski definition) is 4. The van der Waals surface area contributed by atoms with Crippen molar-refractivity contribution in [1.29, 1.82) is 0 Å². The quantitative estimate of drug-likeness (QED) is 0.637. The van der Waals surface area contributed by atoms with E-state index in [1.54, 1.807) is 11.8 Å². The SMILES string of the molecule is CSc1cccc(NC(=O)COC(=O)C[C@H]2C[C@H]3CC[C@@H]2C3)c1. The van der Waals surface area contributed by atoms with Crippen LogP contribution in [0.4, 0.5) is 5.69 Å². The monoisotopic (exact) mass is 333 g/mol. The minimum atomic E-state index is -0.287. The van der Waals surface area contributed by atoms with Gasteiger partial charge in [-0.3, -0.25) is 9.59 Å². The van der Waals surface area contributed by atoms with Crippen molar-refractivity contribution in [3.63, 3.8) is 0 Å². The van der Waals surface area contributed by atoms with E-state index in [0.717, 1.165) is 22.9 Å². The van der Waals surface area contributed by atoms with E-state index in [4.69, 9.17) is 4.74 Å². The van der Waals surface area contributed by atoms with Crippen molar-refractivity contribution in [3.05, 3.63) is 24.3 Å². The van der Waals surface area contributed by atoms with Gasteiger partial charge in [-0.05, 0) is 61.5 Å². The lowest BCUT2D eigenvalue weighted by molar-refractivity contribution is -0.148. The molecule has 0 radical (unpaired) electrons. The third kappa shape index (κ3) is 4.28. The molecule has 0 heterocycles. The Bertz CT molecular complexity index is 589. The van der Waals surface area contributed by atoms with E-state index in [1.165, 1.54) is 19.3 Å². The Labute approximate surface area is 141 Å². The van der Waals surface area contributed by atoms with Crippen LogP contribution in [0.25, 0.3) is 0 Å². The van der Waals surface area contributed by atoms with Gasteiger partial charge < -0.3 is 10.1 Å². The van der Waals surface area contributed by atoms with Crippen LogP contribution in [0.15, 0.2) is 29.2 Å². The molecule has 2 aliphatic rings. The van der Waals surface area contributed by atoms with Gasteiger partial charge in [-0.2, -0.15) is 0 Å². The molecule has 1 N–H and O–H groups in total. The number of carbonyl (C=O) groups excluding carboxylic acids is 2. The van der Waals surface area contributed by atoms with Gasteiger partial charge in [-0.15, -0.1) is 11.8 Å². The van der Waals surface area contributed by atoms with Crippen molar-refractivity contribution in [1.82, 2.24) is 0 Å². The minimum absolute atomic E-state index is 0.205. The molecule has 0 saturated heterocycles. The van der Waals surface area contributed by atoms with E-state index in [0.29, 0.717) is 18.3 Å². The van der Waals surface area contributed by atoms with Gasteiger partial charge in [0.1, 0.15) is 0 Å². The summed E-state index contributed by atoms with van der Waals surface area (Å²) in [4.78, 5) is 24.9. The first kappa shape index (κ1) is 16.4. The van der Waals surface area contributed by atoms with Crippen molar-refractivity contribution in [3.8, 4) is 0 Å². The normalized spacial score (nSPS) is 25.3. The maximum atomic E-state index is 11.9. The molecular weight excluding hydrogens is 310 g/mol. The van der Waals surface area contributed by atoms with E-state index >= 15 is 0 Å². The van der Waals surface area contributed by atoms with Gasteiger partial charge in [0.05, 0.1) is 0 Å². The molecular formula is C18H23NO3S. The molecule has 0 aromatic heterocycles. The highest BCUT2D eigenvalue weighted by Gasteiger charge is 2.40. The molecule has 1 aromatic rings. The van der Waals surface area contributed by atoms with Crippen molar-refractivity contribution in [2.24, 2.45) is 17.8 Å². The summed E-state index contributed by atoms with van der Waals surface area (Å²) in [7, 11) is 0. The molecule has 0 spiro atoms. The van der Waals surface area contributed by atoms with Crippen LogP contribution in [0.5, 0.6) is 0 Å². The summed E-state index contributed by atoms with van der Waals surface area (Å²) < 4.78 is 5.15. The Hall–Kier alpha value is -1.49. The van der Waals surface area contributed by atoms with Gasteiger partial charge in [-0.1, -0.05) is 12.5 Å². The van der Waals surface area contributed by atoms with Gasteiger partial charge in [-0.25, -0.2) is 0 Å². The molecule has 2 bridgehead atoms. The van der Waals surface area contributed by atoms with E-state index in [2.05, 4.69) is 5.32 Å². The summed E-state index contributed by atoms with van der Waals surface area (Å²) in [6, 6.07) is 7.60. The van der Waals surface area contributed by atoms with E-state index in [1.807, 2.05) is 30.5 Å². The molecule has 2 fully saturated rings. The molecule has 1 amide bonds. The highest BCUT2D eigenvalue weighted by atomic mass is 32.2. The van der Waals surface area contributed by atoms with Gasteiger partial charge in [0.25, 0.3) is 5.91 Å². The summed E-state index contributed by atoms with van der Waals surface area (Å²) in [5.74, 6) is 1.48. The Morgan fingerprint density at radius 1 is 1.30 bits per heavy atom. The maximum Gasteiger partial charge on any atom is 0.306 e. The number of esters is 1. The molecule has 124 valence electrons. The summed E-state index contributed by atoms with van der Waals surface area (Å²) in [5.41, 5.74) is 0.728. The zero-order valence-electron chi connectivity index (χ0n) is 13.4. The predicted octanol–water partition coefficient (Wildman–Crippen LogP) is 3.72. The van der Waals surface area contributed by atoms with Crippen molar-refractivity contribution in [2.75, 3.05) is 18.2 Å². The lowest BCUT2D eigenvalue weighted by Gasteiger charge is -2.20. The van der Waals surface area contributed by atoms with Crippen LogP contribution in [0, 0.1) is 17.8 Å². The first-order chi connectivity index (χ1) is 11.1. The van der Waals surface area contributed by atoms with Crippen LogP contribution in [-0.2, 0) is 14.3 Å². The number of amides is 1. The second-order valence-electron chi connectivity index (χ2n) is 6.58. The number of fused-ring (bicyclic) bond motifs is 2. The maximum absolute atomic E-state index is 11.9. The number of benzene rings is 1. The summed E-state index contributed by atoms with van der Waals surface area (Å²) >= 11 is 1.62. The number of ether oxygens (including phenoxy) is 1. The number of anilines is 1. The van der Waals surface area contributed by atoms with Crippen LogP contribution in [0.3, 0.4) is 0 Å². The third-order valence-corrected chi connectivity index (χ3v) is 5.76. The molecule has 2 aliphatic carbocycles. The zero-order chi connectivity index (χ0) is 16.2. The smallest absolute Gasteiger partial charge is 0.306 e. The second kappa shape index (κ2) is 7.39. The van der Waals surface area contributed by atoms with Crippen molar-refractivity contribution >= 4 is 29.3 Å². The molecule has 0 unspecified atom stereocenters. The van der Waals surface area contributed by atoms with Crippen LogP contribution >= 0.6 is 11.8 Å². The number of rotatable bonds is 6. The predicted molar refractivity (Wildman–Crippen MR) is 91.4 cm³/mol. The number of carbonyl (C=O) groups is 2. The Morgan fingerprint density at radius 2 is 2.17 bits per heavy atom. The molecule has 2 saturated carbocycles. The summed E-state index contributed by atoms with van der Waals surface area (Å²) in [6.07, 6.45) is 7.48. The Morgan fingerprint density at radius 3 is 2.87 bits per heavy atom. The Balaban J connectivity index is 1.40. The molecule has 23 heavy (non-hydrogen) atoms. The van der Waals surface area contributed by atoms with E-state index in [9.17, 15) is 9.59 Å². The van der Waals surface area contributed by atoms with Gasteiger partial charge in [0.2, 0.25) is 0 Å². The zero-order valence-corrected chi connectivity index (χ0v) is 14.2. The second-order valence-corrected chi connectivity index (χ2v) is 7.46. The molecule has 3 rings (SSSR count). The van der Waals surface area contributed by atoms with Crippen molar-refractivity contribution < 1.29 is 14.3 Å². The fourth-order valence-corrected chi connectivity index (χ4v) is 4.40. The van der Waals surface area contributed by atoms with Crippen molar-refractivity contribution in [2.45, 2.75) is 37.0 Å². The van der Waals surface area contributed by atoms with Crippen LogP contribution in [-0.4, -0.2) is 24.7 Å². The first-order valence-corrected chi connectivity index (χ1v) is 9.46. The standard InChI is InChI=1S/C18H23NO3S/c1-23-16-4-2-3-15(10-16)19-17(20)11-22-18(21)9-14-8-12-5-6-13(14)7-12/h2-4,10,12-14H,5-9,11H2,1H3,(H,19,20)/t12-,13+,14+/m0/s1. The van der Waals surface area contributed by atoms with E-state index in [-0.39, 0.29) is 18.5 Å². The number of nitrogens with one attached hydrogen (secondary N) is 1. The number of thioether (sulfide) groups is 1. The molecule has 1 aromatic carbocycles. The topological polar surface area (TPSA) is 55.4 Å². The van der Waals surface area contributed by atoms with E-state index < -0.39 is 0 Å². The fourth-order valence-electron chi connectivity index (χ4n) is 3.94.